The van der Waals surface area contributed by atoms with Crippen molar-refractivity contribution in [1.29, 1.82) is 0 Å². The van der Waals surface area contributed by atoms with E-state index >= 15 is 0 Å². The average molecular weight is 275 g/mol. The Labute approximate surface area is 118 Å². The fraction of sp³-hybridized carbons (Fsp3) is 0.467. The van der Waals surface area contributed by atoms with E-state index in [1.165, 1.54) is 19.3 Å². The van der Waals surface area contributed by atoms with Gasteiger partial charge in [-0.3, -0.25) is 9.59 Å². The maximum Gasteiger partial charge on any atom is 0.251 e. The summed E-state index contributed by atoms with van der Waals surface area (Å²) in [7, 11) is 0. The molecule has 108 valence electrons. The van der Waals surface area contributed by atoms with Gasteiger partial charge in [0.25, 0.3) is 5.91 Å². The first kappa shape index (κ1) is 14.4. The lowest BCUT2D eigenvalue weighted by atomic mass is 9.95. The molecule has 0 unspecified atom stereocenters. The second kappa shape index (κ2) is 6.93. The van der Waals surface area contributed by atoms with E-state index in [9.17, 15) is 9.59 Å². The highest BCUT2D eigenvalue weighted by Crippen LogP contribution is 2.17. The number of rotatable bonds is 4. The number of hydrogen-bond donors (Lipinski definition) is 3. The fourth-order valence-corrected chi connectivity index (χ4v) is 2.42. The monoisotopic (exact) mass is 275 g/mol. The van der Waals surface area contributed by atoms with Crippen molar-refractivity contribution in [3.63, 3.8) is 0 Å². The molecule has 4 N–H and O–H groups in total. The zero-order chi connectivity index (χ0) is 14.4. The molecular weight excluding hydrogens is 254 g/mol. The zero-order valence-corrected chi connectivity index (χ0v) is 11.5. The molecule has 1 aliphatic carbocycles. The number of anilines is 1. The van der Waals surface area contributed by atoms with Crippen molar-refractivity contribution in [3.8, 4) is 0 Å². The number of nitrogen functional groups attached to an aromatic ring is 1. The highest BCUT2D eigenvalue weighted by molar-refractivity contribution is 5.96. The lowest BCUT2D eigenvalue weighted by Gasteiger charge is -2.22. The number of amides is 2. The Morgan fingerprint density at radius 2 is 1.75 bits per heavy atom. The minimum atomic E-state index is -0.260. The van der Waals surface area contributed by atoms with Crippen LogP contribution in [0.3, 0.4) is 0 Å². The van der Waals surface area contributed by atoms with Crippen LogP contribution in [0.5, 0.6) is 0 Å². The van der Waals surface area contributed by atoms with Crippen molar-refractivity contribution < 1.29 is 9.59 Å². The van der Waals surface area contributed by atoms with Crippen molar-refractivity contribution in [2.45, 2.75) is 38.1 Å². The van der Waals surface area contributed by atoms with Crippen molar-refractivity contribution in [2.75, 3.05) is 12.3 Å². The highest BCUT2D eigenvalue weighted by Gasteiger charge is 2.16. The molecule has 1 aliphatic rings. The minimum Gasteiger partial charge on any atom is -0.399 e. The van der Waals surface area contributed by atoms with Crippen LogP contribution in [0.1, 0.15) is 42.5 Å². The lowest BCUT2D eigenvalue weighted by Crippen LogP contribution is -2.42. The summed E-state index contributed by atoms with van der Waals surface area (Å²) in [5, 5.41) is 5.58. The van der Waals surface area contributed by atoms with Gasteiger partial charge in [0.2, 0.25) is 5.91 Å². The summed E-state index contributed by atoms with van der Waals surface area (Å²) in [6, 6.07) is 6.88. The normalized spacial score (nSPS) is 15.6. The Morgan fingerprint density at radius 1 is 1.10 bits per heavy atom. The van der Waals surface area contributed by atoms with Gasteiger partial charge in [0, 0.05) is 17.3 Å². The quantitative estimate of drug-likeness (QED) is 0.727. The maximum atomic E-state index is 11.8. The largest absolute Gasteiger partial charge is 0.399 e. The molecule has 0 bridgehead atoms. The first-order valence-corrected chi connectivity index (χ1v) is 7.08. The van der Waals surface area contributed by atoms with Crippen LogP contribution < -0.4 is 16.4 Å². The summed E-state index contributed by atoms with van der Waals surface area (Å²) in [6.45, 7) is 0.0136. The smallest absolute Gasteiger partial charge is 0.251 e. The van der Waals surface area contributed by atoms with Crippen molar-refractivity contribution in [3.05, 3.63) is 29.8 Å². The Balaban J connectivity index is 1.75. The molecule has 0 aliphatic heterocycles. The number of carbonyl (C=O) groups is 2. The molecule has 0 spiro atoms. The SMILES string of the molecule is Nc1ccc(C(=O)NCC(=O)NC2CCCCC2)cc1. The van der Waals surface area contributed by atoms with E-state index in [2.05, 4.69) is 10.6 Å². The standard InChI is InChI=1S/C15H21N3O2/c16-12-8-6-11(7-9-12)15(20)17-10-14(19)18-13-4-2-1-3-5-13/h6-9,13H,1-5,10,16H2,(H,17,20)(H,18,19). The molecule has 2 amide bonds. The van der Waals surface area contributed by atoms with Gasteiger partial charge in [-0.25, -0.2) is 0 Å². The molecule has 0 radical (unpaired) electrons. The maximum absolute atomic E-state index is 11.8. The van der Waals surface area contributed by atoms with E-state index in [-0.39, 0.29) is 24.4 Å². The average Bonchev–Trinajstić information content (AvgIpc) is 2.46. The van der Waals surface area contributed by atoms with Gasteiger partial charge in [0.1, 0.15) is 0 Å². The van der Waals surface area contributed by atoms with E-state index in [1.807, 2.05) is 0 Å². The molecule has 20 heavy (non-hydrogen) atoms. The van der Waals surface area contributed by atoms with E-state index in [1.54, 1.807) is 24.3 Å². The number of benzene rings is 1. The first-order valence-electron chi connectivity index (χ1n) is 7.08. The summed E-state index contributed by atoms with van der Waals surface area (Å²) >= 11 is 0. The van der Waals surface area contributed by atoms with Gasteiger partial charge >= 0.3 is 0 Å². The van der Waals surface area contributed by atoms with Gasteiger partial charge in [0.05, 0.1) is 6.54 Å². The van der Waals surface area contributed by atoms with Crippen LogP contribution in [0, 0.1) is 0 Å². The fourth-order valence-electron chi connectivity index (χ4n) is 2.42. The van der Waals surface area contributed by atoms with Gasteiger partial charge in [-0.05, 0) is 37.1 Å². The molecule has 1 aromatic rings. The van der Waals surface area contributed by atoms with E-state index in [0.29, 0.717) is 11.3 Å². The molecule has 0 heterocycles. The molecule has 1 fully saturated rings. The molecule has 2 rings (SSSR count). The second-order valence-corrected chi connectivity index (χ2v) is 5.21. The van der Waals surface area contributed by atoms with Crippen LogP contribution in [-0.2, 0) is 4.79 Å². The lowest BCUT2D eigenvalue weighted by molar-refractivity contribution is -0.121. The molecule has 0 aromatic heterocycles. The predicted octanol–water partition coefficient (Wildman–Crippen LogP) is 1.45. The van der Waals surface area contributed by atoms with Crippen molar-refractivity contribution in [2.24, 2.45) is 0 Å². The summed E-state index contributed by atoms with van der Waals surface area (Å²) in [4.78, 5) is 23.6. The third-order valence-corrected chi connectivity index (χ3v) is 3.55. The van der Waals surface area contributed by atoms with Crippen LogP contribution in [0.25, 0.3) is 0 Å². The van der Waals surface area contributed by atoms with Crippen molar-refractivity contribution in [1.82, 2.24) is 10.6 Å². The number of nitrogens with two attached hydrogens (primary N) is 1. The highest BCUT2D eigenvalue weighted by atomic mass is 16.2. The molecule has 1 saturated carbocycles. The second-order valence-electron chi connectivity index (χ2n) is 5.21. The number of nitrogens with one attached hydrogen (secondary N) is 2. The van der Waals surface area contributed by atoms with Gasteiger partial charge in [0.15, 0.2) is 0 Å². The van der Waals surface area contributed by atoms with Crippen LogP contribution in [0.2, 0.25) is 0 Å². The molecule has 0 atom stereocenters. The van der Waals surface area contributed by atoms with E-state index in [4.69, 9.17) is 5.73 Å². The summed E-state index contributed by atoms with van der Waals surface area (Å²) in [5.74, 6) is -0.385. The van der Waals surface area contributed by atoms with Crippen molar-refractivity contribution >= 4 is 17.5 Å². The molecule has 5 nitrogen and oxygen atoms in total. The summed E-state index contributed by atoms with van der Waals surface area (Å²) < 4.78 is 0. The van der Waals surface area contributed by atoms with Crippen LogP contribution >= 0.6 is 0 Å². The van der Waals surface area contributed by atoms with Gasteiger partial charge in [-0.1, -0.05) is 19.3 Å². The molecule has 1 aromatic carbocycles. The molecule has 0 saturated heterocycles. The van der Waals surface area contributed by atoms with Gasteiger partial charge in [-0.15, -0.1) is 0 Å². The topological polar surface area (TPSA) is 84.2 Å². The Bertz CT molecular complexity index is 465. The Kier molecular flexibility index (Phi) is 4.98. The van der Waals surface area contributed by atoms with Gasteiger partial charge in [-0.2, -0.15) is 0 Å². The third-order valence-electron chi connectivity index (χ3n) is 3.55. The number of carbonyl (C=O) groups excluding carboxylic acids is 2. The summed E-state index contributed by atoms with van der Waals surface area (Å²) in [6.07, 6.45) is 5.67. The van der Waals surface area contributed by atoms with Crippen LogP contribution in [-0.4, -0.2) is 24.4 Å². The van der Waals surface area contributed by atoms with E-state index in [0.717, 1.165) is 12.8 Å². The molecular formula is C15H21N3O2. The predicted molar refractivity (Wildman–Crippen MR) is 78.2 cm³/mol. The van der Waals surface area contributed by atoms with Gasteiger partial charge < -0.3 is 16.4 Å². The minimum absolute atomic E-state index is 0.0136. The molecule has 5 heteroatoms. The Hall–Kier alpha value is -2.04. The van der Waals surface area contributed by atoms with Crippen LogP contribution in [0.15, 0.2) is 24.3 Å². The zero-order valence-electron chi connectivity index (χ0n) is 11.5. The van der Waals surface area contributed by atoms with Crippen LogP contribution in [0.4, 0.5) is 5.69 Å². The third kappa shape index (κ3) is 4.26. The number of hydrogen-bond acceptors (Lipinski definition) is 3. The summed E-state index contributed by atoms with van der Waals surface area (Å²) in [5.41, 5.74) is 6.67. The Morgan fingerprint density at radius 3 is 2.40 bits per heavy atom. The van der Waals surface area contributed by atoms with E-state index < -0.39 is 0 Å². The first-order chi connectivity index (χ1) is 9.65.